The van der Waals surface area contributed by atoms with E-state index in [0.717, 1.165) is 19.3 Å². The van der Waals surface area contributed by atoms with Crippen molar-refractivity contribution in [2.75, 3.05) is 6.61 Å². The molecule has 5 rings (SSSR count). The van der Waals surface area contributed by atoms with Crippen LogP contribution in [0.2, 0.25) is 5.02 Å². The van der Waals surface area contributed by atoms with E-state index >= 15 is 0 Å². The molecule has 0 saturated heterocycles. The van der Waals surface area contributed by atoms with Crippen LogP contribution in [0, 0.1) is 5.92 Å². The minimum Gasteiger partial charge on any atom is -0.465 e. The third-order valence-corrected chi connectivity index (χ3v) is 7.39. The number of hydrogen-bond donors (Lipinski definition) is 2. The third kappa shape index (κ3) is 3.98. The zero-order valence-electron chi connectivity index (χ0n) is 18.8. The van der Waals surface area contributed by atoms with Crippen molar-refractivity contribution in [1.82, 2.24) is 0 Å². The lowest BCUT2D eigenvalue weighted by atomic mass is 9.54. The highest BCUT2D eigenvalue weighted by atomic mass is 35.5. The molecule has 0 amide bonds. The number of aliphatic hydroxyl groups is 2. The third-order valence-electron chi connectivity index (χ3n) is 7.15. The Balaban J connectivity index is 1.46. The average molecular weight is 457 g/mol. The van der Waals surface area contributed by atoms with E-state index in [-0.39, 0.29) is 6.42 Å². The molecule has 0 aliphatic heterocycles. The Morgan fingerprint density at radius 1 is 0.938 bits per heavy atom. The van der Waals surface area contributed by atoms with Crippen LogP contribution >= 0.6 is 11.6 Å². The molecular weight excluding hydrogens is 424 g/mol. The van der Waals surface area contributed by atoms with Gasteiger partial charge in [0.25, 0.3) is 0 Å². The van der Waals surface area contributed by atoms with Crippen LogP contribution < -0.4 is 0 Å². The van der Waals surface area contributed by atoms with Crippen LogP contribution in [0.3, 0.4) is 0 Å². The van der Waals surface area contributed by atoms with Crippen LogP contribution in [-0.2, 0) is 20.7 Å². The van der Waals surface area contributed by atoms with Gasteiger partial charge < -0.3 is 14.9 Å². The summed E-state index contributed by atoms with van der Waals surface area (Å²) in [6.07, 6.45) is 9.40. The minimum absolute atomic E-state index is 0.0735. The molecule has 0 aromatic heterocycles. The van der Waals surface area contributed by atoms with Gasteiger partial charge in [-0.2, -0.15) is 0 Å². The highest BCUT2D eigenvalue weighted by Crippen LogP contribution is 2.60. The molecular formula is C27H33ClO4. The van der Waals surface area contributed by atoms with Crippen LogP contribution in [0.1, 0.15) is 87.0 Å². The van der Waals surface area contributed by atoms with Crippen LogP contribution in [0.15, 0.2) is 42.5 Å². The fourth-order valence-corrected chi connectivity index (χ4v) is 5.63. The predicted molar refractivity (Wildman–Crippen MR) is 126 cm³/mol. The van der Waals surface area contributed by atoms with E-state index in [1.165, 1.54) is 32.1 Å². The number of benzene rings is 2. The fourth-order valence-electron chi connectivity index (χ4n) is 5.46. The van der Waals surface area contributed by atoms with Crippen LogP contribution in [0.4, 0.5) is 0 Å². The first-order valence-electron chi connectivity index (χ1n) is 11.9. The quantitative estimate of drug-likeness (QED) is 0.348. The lowest BCUT2D eigenvalue weighted by molar-refractivity contribution is -0.167. The summed E-state index contributed by atoms with van der Waals surface area (Å²) in [6, 6.07) is 12.4. The standard InChI is InChI=1S/C27H33ClO4/c1-2-3-4-5-6-7-8-11-16-32-25(29)24-18-26(30)20-12-9-10-13-21(20)27(24,31)22-15-14-19(28)17-23(22)26/h9-10,12-15,17,24,30-31H,2-8,11,16,18H2,1H3. The molecule has 2 N–H and O–H groups in total. The second-order valence-electron chi connectivity index (χ2n) is 9.26. The molecule has 3 aliphatic carbocycles. The summed E-state index contributed by atoms with van der Waals surface area (Å²) in [4.78, 5) is 13.1. The number of carbonyl (C=O) groups is 1. The van der Waals surface area contributed by atoms with E-state index in [1.54, 1.807) is 24.3 Å². The monoisotopic (exact) mass is 456 g/mol. The van der Waals surface area contributed by atoms with Crippen molar-refractivity contribution < 1.29 is 19.7 Å². The van der Waals surface area contributed by atoms with Gasteiger partial charge in [-0.05, 0) is 40.8 Å². The van der Waals surface area contributed by atoms with Crippen molar-refractivity contribution in [2.24, 2.45) is 5.92 Å². The zero-order chi connectivity index (χ0) is 22.8. The first-order chi connectivity index (χ1) is 15.4. The Kier molecular flexibility index (Phi) is 6.94. The second-order valence-corrected chi connectivity index (χ2v) is 9.70. The van der Waals surface area contributed by atoms with Crippen molar-refractivity contribution in [3.8, 4) is 0 Å². The van der Waals surface area contributed by atoms with Gasteiger partial charge in [-0.3, -0.25) is 4.79 Å². The van der Waals surface area contributed by atoms with Gasteiger partial charge >= 0.3 is 5.97 Å². The Bertz CT molecular complexity index is 974. The number of unbranched alkanes of at least 4 members (excludes halogenated alkanes) is 7. The maximum absolute atomic E-state index is 13.1. The molecule has 3 aliphatic rings. The lowest BCUT2D eigenvalue weighted by Crippen LogP contribution is -2.57. The molecule has 0 heterocycles. The molecule has 0 spiro atoms. The largest absolute Gasteiger partial charge is 0.465 e. The van der Waals surface area contributed by atoms with Gasteiger partial charge in [0, 0.05) is 11.4 Å². The van der Waals surface area contributed by atoms with Crippen molar-refractivity contribution >= 4 is 17.6 Å². The Morgan fingerprint density at radius 2 is 1.56 bits per heavy atom. The number of rotatable bonds is 10. The Morgan fingerprint density at radius 3 is 2.28 bits per heavy atom. The molecule has 32 heavy (non-hydrogen) atoms. The number of carbonyl (C=O) groups excluding carboxylic acids is 1. The smallest absolute Gasteiger partial charge is 0.312 e. The molecule has 2 aromatic rings. The summed E-state index contributed by atoms with van der Waals surface area (Å²) in [5.41, 5.74) is -0.635. The molecule has 0 radical (unpaired) electrons. The van der Waals surface area contributed by atoms with E-state index in [2.05, 4.69) is 6.92 Å². The van der Waals surface area contributed by atoms with Crippen molar-refractivity contribution in [1.29, 1.82) is 0 Å². The Labute approximate surface area is 195 Å². The summed E-state index contributed by atoms with van der Waals surface area (Å²) < 4.78 is 5.61. The zero-order valence-corrected chi connectivity index (χ0v) is 19.5. The number of fused-ring (bicyclic) bond motifs is 1. The first-order valence-corrected chi connectivity index (χ1v) is 12.3. The van der Waals surface area contributed by atoms with Gasteiger partial charge in [0.2, 0.25) is 0 Å². The number of ether oxygens (including phenoxy) is 1. The van der Waals surface area contributed by atoms with Gasteiger partial charge in [-0.1, -0.05) is 93.8 Å². The lowest BCUT2D eigenvalue weighted by Gasteiger charge is -2.53. The number of halogens is 1. The van der Waals surface area contributed by atoms with Crippen LogP contribution in [0.25, 0.3) is 0 Å². The number of hydrogen-bond acceptors (Lipinski definition) is 4. The normalized spacial score (nSPS) is 25.3. The SMILES string of the molecule is CCCCCCCCCCOC(=O)C1CC2(O)c3ccccc3C1(O)c1ccc(Cl)cc12. The van der Waals surface area contributed by atoms with Crippen LogP contribution in [-0.4, -0.2) is 22.8 Å². The molecule has 0 saturated carbocycles. The molecule has 4 nitrogen and oxygen atoms in total. The van der Waals surface area contributed by atoms with Gasteiger partial charge in [0.05, 0.1) is 12.5 Å². The van der Waals surface area contributed by atoms with Crippen molar-refractivity contribution in [3.63, 3.8) is 0 Å². The molecule has 0 fully saturated rings. The first kappa shape index (κ1) is 23.3. The molecule has 2 bridgehead atoms. The van der Waals surface area contributed by atoms with E-state index in [1.807, 2.05) is 18.2 Å². The summed E-state index contributed by atoms with van der Waals surface area (Å²) in [7, 11) is 0. The maximum Gasteiger partial charge on any atom is 0.312 e. The molecule has 3 atom stereocenters. The van der Waals surface area contributed by atoms with E-state index in [0.29, 0.717) is 33.9 Å². The fraction of sp³-hybridized carbons (Fsp3) is 0.519. The van der Waals surface area contributed by atoms with Gasteiger partial charge in [-0.25, -0.2) is 0 Å². The topological polar surface area (TPSA) is 66.8 Å². The number of esters is 1. The molecule has 172 valence electrons. The highest BCUT2D eigenvalue weighted by Gasteiger charge is 2.62. The van der Waals surface area contributed by atoms with Gasteiger partial charge in [0.15, 0.2) is 0 Å². The van der Waals surface area contributed by atoms with Crippen molar-refractivity contribution in [2.45, 2.75) is 75.9 Å². The molecule has 3 unspecified atom stereocenters. The van der Waals surface area contributed by atoms with E-state index in [4.69, 9.17) is 16.3 Å². The predicted octanol–water partition coefficient (Wildman–Crippen LogP) is 5.83. The Hall–Kier alpha value is -1.88. The summed E-state index contributed by atoms with van der Waals surface area (Å²) in [5.74, 6) is -1.32. The minimum atomic E-state index is -1.54. The molecule has 5 heteroatoms. The van der Waals surface area contributed by atoms with Gasteiger partial charge in [-0.15, -0.1) is 0 Å². The highest BCUT2D eigenvalue weighted by molar-refractivity contribution is 6.30. The second kappa shape index (κ2) is 9.54. The summed E-state index contributed by atoms with van der Waals surface area (Å²) >= 11 is 6.21. The average Bonchev–Trinajstić information content (AvgIpc) is 2.79. The van der Waals surface area contributed by atoms with E-state index in [9.17, 15) is 15.0 Å². The maximum atomic E-state index is 13.1. The molecule has 2 aromatic carbocycles. The van der Waals surface area contributed by atoms with Crippen molar-refractivity contribution in [3.05, 3.63) is 69.7 Å². The van der Waals surface area contributed by atoms with Crippen LogP contribution in [0.5, 0.6) is 0 Å². The summed E-state index contributed by atoms with van der Waals surface area (Å²) in [6.45, 7) is 2.56. The van der Waals surface area contributed by atoms with Gasteiger partial charge in [0.1, 0.15) is 11.2 Å². The summed E-state index contributed by atoms with van der Waals surface area (Å²) in [5, 5.41) is 24.2. The van der Waals surface area contributed by atoms with E-state index < -0.39 is 23.1 Å².